The zero-order valence-electron chi connectivity index (χ0n) is 21.3. The third-order valence-corrected chi connectivity index (χ3v) is 8.06. The minimum atomic E-state index is -4.82. The molecule has 5 rings (SSSR count). The van der Waals surface area contributed by atoms with Crippen LogP contribution in [0.25, 0.3) is 32.1 Å². The number of nitrogen functional groups attached to an aromatic ring is 1. The molecule has 0 radical (unpaired) electrons. The first-order chi connectivity index (χ1) is 19.0. The fourth-order valence-corrected chi connectivity index (χ4v) is 5.99. The Kier molecular flexibility index (Phi) is 6.75. The van der Waals surface area contributed by atoms with Gasteiger partial charge in [0.1, 0.15) is 22.7 Å². The molecular formula is C27H22F4N6O2S. The van der Waals surface area contributed by atoms with Crippen LogP contribution in [0.5, 0.6) is 6.01 Å². The summed E-state index contributed by atoms with van der Waals surface area (Å²) in [4.78, 5) is 24.1. The molecule has 1 saturated heterocycles. The molecule has 1 unspecified atom stereocenters. The fourth-order valence-electron chi connectivity index (χ4n) is 5.04. The van der Waals surface area contributed by atoms with E-state index >= 15 is 0 Å². The smallest absolute Gasteiger partial charge is 0.417 e. The minimum Gasteiger partial charge on any atom is -0.467 e. The Labute approximate surface area is 229 Å². The largest absolute Gasteiger partial charge is 0.467 e. The molecule has 2 N–H and O–H groups in total. The zero-order valence-corrected chi connectivity index (χ0v) is 22.2. The molecule has 1 atom stereocenters. The number of hydrogen-bond acceptors (Lipinski definition) is 8. The molecule has 1 fully saturated rings. The molecule has 2 aromatic carbocycles. The van der Waals surface area contributed by atoms with E-state index in [1.54, 1.807) is 16.8 Å². The Hall–Kier alpha value is -4.44. The zero-order chi connectivity index (χ0) is 28.9. The number of nitriles is 1. The van der Waals surface area contributed by atoms with Gasteiger partial charge in [0.05, 0.1) is 28.5 Å². The second kappa shape index (κ2) is 9.95. The van der Waals surface area contributed by atoms with Crippen molar-refractivity contribution in [3.63, 3.8) is 0 Å². The summed E-state index contributed by atoms with van der Waals surface area (Å²) in [5.74, 6) is -0.736. The lowest BCUT2D eigenvalue weighted by atomic mass is 9.93. The van der Waals surface area contributed by atoms with Crippen LogP contribution in [0, 0.1) is 17.1 Å². The molecule has 0 spiro atoms. The number of carbonyl (C=O) groups excluding carboxylic acids is 1. The van der Waals surface area contributed by atoms with Crippen LogP contribution < -0.4 is 15.4 Å². The van der Waals surface area contributed by atoms with E-state index < -0.39 is 17.6 Å². The van der Waals surface area contributed by atoms with Crippen LogP contribution in [-0.2, 0) is 11.0 Å². The highest BCUT2D eigenvalue weighted by Crippen LogP contribution is 2.46. The molecule has 0 aliphatic carbocycles. The number of nitrogens with two attached hydrogens (primary N) is 1. The number of nitrogens with zero attached hydrogens (tertiary/aromatic N) is 5. The SMILES string of the molecule is C=CC(=O)N1CCC(N(C)c2nc(OC)nc3cc(-c4ccc(F)c5sc(N)c(C#N)c45)c(C(F)(F)F)cc23)C1. The lowest BCUT2D eigenvalue weighted by Crippen LogP contribution is -2.36. The highest BCUT2D eigenvalue weighted by molar-refractivity contribution is 7.23. The molecule has 4 aromatic rings. The van der Waals surface area contributed by atoms with Crippen molar-refractivity contribution in [2.24, 2.45) is 0 Å². The van der Waals surface area contributed by atoms with Gasteiger partial charge >= 0.3 is 12.2 Å². The quantitative estimate of drug-likeness (QED) is 0.254. The average Bonchev–Trinajstić information content (AvgIpc) is 3.55. The molecule has 13 heteroatoms. The molecule has 8 nitrogen and oxygen atoms in total. The van der Waals surface area contributed by atoms with Crippen molar-refractivity contribution in [3.8, 4) is 23.2 Å². The average molecular weight is 571 g/mol. The van der Waals surface area contributed by atoms with Crippen LogP contribution in [0.15, 0.2) is 36.9 Å². The van der Waals surface area contributed by atoms with Gasteiger partial charge in [-0.15, -0.1) is 11.3 Å². The maximum absolute atomic E-state index is 14.6. The number of ether oxygens (including phenoxy) is 1. The van der Waals surface area contributed by atoms with Crippen LogP contribution in [0.2, 0.25) is 0 Å². The van der Waals surface area contributed by atoms with E-state index in [0.29, 0.717) is 19.5 Å². The number of hydrogen-bond donors (Lipinski definition) is 1. The lowest BCUT2D eigenvalue weighted by Gasteiger charge is -2.27. The van der Waals surface area contributed by atoms with E-state index in [1.807, 2.05) is 6.07 Å². The number of carbonyl (C=O) groups is 1. The summed E-state index contributed by atoms with van der Waals surface area (Å²) in [6.07, 6.45) is -3.04. The molecule has 0 saturated carbocycles. The second-order valence-electron chi connectivity index (χ2n) is 9.24. The summed E-state index contributed by atoms with van der Waals surface area (Å²) in [6.45, 7) is 4.30. The van der Waals surface area contributed by atoms with E-state index in [1.165, 1.54) is 25.3 Å². The summed E-state index contributed by atoms with van der Waals surface area (Å²) in [7, 11) is 3.03. The Morgan fingerprint density at radius 3 is 2.73 bits per heavy atom. The molecule has 206 valence electrons. The maximum Gasteiger partial charge on any atom is 0.417 e. The van der Waals surface area contributed by atoms with E-state index in [9.17, 15) is 27.6 Å². The molecule has 3 heterocycles. The first-order valence-electron chi connectivity index (χ1n) is 12.0. The monoisotopic (exact) mass is 570 g/mol. The molecular weight excluding hydrogens is 548 g/mol. The number of methoxy groups -OCH3 is 1. The third kappa shape index (κ3) is 4.44. The molecule has 2 aromatic heterocycles. The van der Waals surface area contributed by atoms with E-state index in [4.69, 9.17) is 10.5 Å². The van der Waals surface area contributed by atoms with E-state index in [2.05, 4.69) is 16.5 Å². The number of halogens is 4. The highest BCUT2D eigenvalue weighted by atomic mass is 32.1. The van der Waals surface area contributed by atoms with Gasteiger partial charge in [0, 0.05) is 37.0 Å². The van der Waals surface area contributed by atoms with Crippen molar-refractivity contribution in [1.29, 1.82) is 5.26 Å². The summed E-state index contributed by atoms with van der Waals surface area (Å²) in [5.41, 5.74) is 4.66. The number of amides is 1. The second-order valence-corrected chi connectivity index (χ2v) is 10.3. The number of benzene rings is 2. The van der Waals surface area contributed by atoms with Gasteiger partial charge < -0.3 is 20.3 Å². The summed E-state index contributed by atoms with van der Waals surface area (Å²) in [5, 5.41) is 9.79. The van der Waals surface area contributed by atoms with Crippen molar-refractivity contribution in [3.05, 3.63) is 53.9 Å². The molecule has 1 amide bonds. The predicted molar refractivity (Wildman–Crippen MR) is 145 cm³/mol. The van der Waals surface area contributed by atoms with Gasteiger partial charge in [-0.3, -0.25) is 4.79 Å². The van der Waals surface area contributed by atoms with Gasteiger partial charge in [-0.05, 0) is 41.8 Å². The predicted octanol–water partition coefficient (Wildman–Crippen LogP) is 5.35. The Morgan fingerprint density at radius 2 is 2.08 bits per heavy atom. The topological polar surface area (TPSA) is 108 Å². The van der Waals surface area contributed by atoms with Gasteiger partial charge in [-0.25, -0.2) is 4.39 Å². The highest BCUT2D eigenvalue weighted by Gasteiger charge is 2.37. The minimum absolute atomic E-state index is 0.00280. The Balaban J connectivity index is 1.76. The van der Waals surface area contributed by atoms with Crippen molar-refractivity contribution in [1.82, 2.24) is 14.9 Å². The number of aromatic nitrogens is 2. The Morgan fingerprint density at radius 1 is 1.32 bits per heavy atom. The van der Waals surface area contributed by atoms with Gasteiger partial charge in [0.25, 0.3) is 0 Å². The first-order valence-corrected chi connectivity index (χ1v) is 12.8. The number of fused-ring (bicyclic) bond motifs is 2. The number of thiophene rings is 1. The van der Waals surface area contributed by atoms with Gasteiger partial charge in [-0.1, -0.05) is 12.6 Å². The fraction of sp³-hybridized carbons (Fsp3) is 0.259. The molecule has 0 bridgehead atoms. The van der Waals surface area contributed by atoms with Crippen molar-refractivity contribution < 1.29 is 27.1 Å². The van der Waals surface area contributed by atoms with Crippen LogP contribution in [-0.4, -0.2) is 54.1 Å². The van der Waals surface area contributed by atoms with Gasteiger partial charge in [0.15, 0.2) is 0 Å². The number of likely N-dealkylation sites (tertiary alicyclic amines) is 1. The van der Waals surface area contributed by atoms with E-state index in [0.717, 1.165) is 23.5 Å². The Bertz CT molecular complexity index is 1730. The van der Waals surface area contributed by atoms with Crippen molar-refractivity contribution >= 4 is 49.1 Å². The number of likely N-dealkylation sites (N-methyl/N-ethyl adjacent to an activating group) is 1. The van der Waals surface area contributed by atoms with Crippen LogP contribution >= 0.6 is 11.3 Å². The summed E-state index contributed by atoms with van der Waals surface area (Å²) < 4.78 is 63.7. The summed E-state index contributed by atoms with van der Waals surface area (Å²) in [6, 6.07) is 6.04. The molecule has 1 aliphatic rings. The lowest BCUT2D eigenvalue weighted by molar-refractivity contribution is -0.137. The van der Waals surface area contributed by atoms with E-state index in [-0.39, 0.29) is 66.5 Å². The van der Waals surface area contributed by atoms with Crippen LogP contribution in [0.4, 0.5) is 28.4 Å². The third-order valence-electron chi connectivity index (χ3n) is 7.03. The van der Waals surface area contributed by atoms with Crippen molar-refractivity contribution in [2.45, 2.75) is 18.6 Å². The first kappa shape index (κ1) is 27.1. The number of rotatable bonds is 5. The standard InChI is InChI=1S/C27H22F4N6O2S/c1-4-21(38)37-8-7-13(12-37)36(2)25-16-9-18(27(29,30)31)15(10-20(16)34-26(35-25)39-3)14-5-6-19(28)23-22(14)17(11-32)24(33)40-23/h4-6,9-10,13H,1,7-8,12,33H2,2-3H3. The molecule has 1 aliphatic heterocycles. The molecule has 40 heavy (non-hydrogen) atoms. The normalized spacial score (nSPS) is 15.4. The summed E-state index contributed by atoms with van der Waals surface area (Å²) >= 11 is 0.799. The number of anilines is 2. The van der Waals surface area contributed by atoms with Crippen LogP contribution in [0.3, 0.4) is 0 Å². The number of alkyl halides is 3. The van der Waals surface area contributed by atoms with Crippen LogP contribution in [0.1, 0.15) is 17.5 Å². The van der Waals surface area contributed by atoms with Crippen molar-refractivity contribution in [2.75, 3.05) is 37.9 Å². The maximum atomic E-state index is 14.6. The van der Waals surface area contributed by atoms with Gasteiger partial charge in [0.2, 0.25) is 5.91 Å². The van der Waals surface area contributed by atoms with Gasteiger partial charge in [-0.2, -0.15) is 28.4 Å².